The van der Waals surface area contributed by atoms with Gasteiger partial charge in [-0.1, -0.05) is 13.8 Å². The van der Waals surface area contributed by atoms with Gasteiger partial charge in [0.25, 0.3) is 0 Å². The van der Waals surface area contributed by atoms with E-state index in [1.54, 1.807) is 26.8 Å². The molecule has 4 aliphatic carbocycles. The van der Waals surface area contributed by atoms with E-state index in [-0.39, 0.29) is 12.8 Å². The highest BCUT2D eigenvalue weighted by atomic mass is 35.5. The number of ketones is 1. The van der Waals surface area contributed by atoms with E-state index in [2.05, 4.69) is 0 Å². The lowest BCUT2D eigenvalue weighted by Crippen LogP contribution is -2.70. The highest BCUT2D eigenvalue weighted by Gasteiger charge is 2.80. The largest absolute Gasteiger partial charge is 0.497 e. The molecule has 0 bridgehead atoms. The molecule has 0 aromatic heterocycles. The zero-order valence-electron chi connectivity index (χ0n) is 23.2. The van der Waals surface area contributed by atoms with Gasteiger partial charge >= 0.3 is 5.97 Å². The zero-order valence-corrected chi connectivity index (χ0v) is 23.9. The van der Waals surface area contributed by atoms with Gasteiger partial charge in [-0.05, 0) is 62.7 Å². The average molecular weight is 569 g/mol. The molecule has 8 nitrogen and oxygen atoms in total. The van der Waals surface area contributed by atoms with E-state index >= 15 is 4.39 Å². The van der Waals surface area contributed by atoms with Crippen LogP contribution in [0, 0.1) is 22.7 Å². The van der Waals surface area contributed by atoms with Crippen LogP contribution in [0.1, 0.15) is 66.7 Å². The summed E-state index contributed by atoms with van der Waals surface area (Å²) in [6.07, 6.45) is 1.52. The highest BCUT2D eigenvalue weighted by molar-refractivity contribution is 6.18. The summed E-state index contributed by atoms with van der Waals surface area (Å²) < 4.78 is 41.3. The van der Waals surface area contributed by atoms with Gasteiger partial charge in [0.05, 0.1) is 23.8 Å². The van der Waals surface area contributed by atoms with Crippen LogP contribution < -0.4 is 0 Å². The Morgan fingerprint density at radius 2 is 1.97 bits per heavy atom. The number of carbonyl (C=O) groups is 3. The van der Waals surface area contributed by atoms with Crippen LogP contribution in [-0.2, 0) is 33.3 Å². The van der Waals surface area contributed by atoms with Gasteiger partial charge in [-0.3, -0.25) is 14.4 Å². The SMILES string of the molecule is CC(=O)OCC(=O)[C@@]12OC(C)(C)O[C@@H]1C[C@H]1C3CC(C=O)=C4C=C(OCCCl)CC[C@]4(C)[C@@]3(F)[C@@H](O)C[C@@]12C. The van der Waals surface area contributed by atoms with E-state index in [9.17, 15) is 19.5 Å². The molecule has 2 saturated carbocycles. The number of allylic oxidation sites excluding steroid dienone is 4. The minimum Gasteiger partial charge on any atom is -0.497 e. The second-order valence-corrected chi connectivity index (χ2v) is 13.0. The number of rotatable bonds is 7. The fourth-order valence-corrected chi connectivity index (χ4v) is 8.83. The summed E-state index contributed by atoms with van der Waals surface area (Å²) in [4.78, 5) is 37.8. The molecule has 0 aromatic rings. The Bertz CT molecular complexity index is 1150. The van der Waals surface area contributed by atoms with E-state index in [1.165, 1.54) is 6.92 Å². The number of ether oxygens (including phenoxy) is 4. The van der Waals surface area contributed by atoms with Crippen molar-refractivity contribution in [3.63, 3.8) is 0 Å². The number of alkyl halides is 2. The van der Waals surface area contributed by atoms with Gasteiger partial charge in [-0.2, -0.15) is 0 Å². The first-order valence-electron chi connectivity index (χ1n) is 13.7. The quantitative estimate of drug-likeness (QED) is 0.279. The molecule has 8 atom stereocenters. The van der Waals surface area contributed by atoms with Crippen molar-refractivity contribution in [3.8, 4) is 0 Å². The first-order chi connectivity index (χ1) is 18.2. The Hall–Kier alpha value is -1.81. The summed E-state index contributed by atoms with van der Waals surface area (Å²) in [7, 11) is 0. The average Bonchev–Trinajstić information content (AvgIpc) is 3.27. The normalized spacial score (nSPS) is 43.9. The third kappa shape index (κ3) is 3.82. The summed E-state index contributed by atoms with van der Waals surface area (Å²) in [6, 6.07) is 0. The predicted molar refractivity (Wildman–Crippen MR) is 138 cm³/mol. The number of Topliss-reactive ketones (excluding diaryl/α,β-unsaturated/α-hetero) is 1. The molecule has 5 aliphatic rings. The Morgan fingerprint density at radius 3 is 2.62 bits per heavy atom. The number of aliphatic hydroxyl groups excluding tert-OH is 1. The van der Waals surface area contributed by atoms with Gasteiger partial charge in [-0.25, -0.2) is 4.39 Å². The first-order valence-corrected chi connectivity index (χ1v) is 14.2. The number of hydrogen-bond donors (Lipinski definition) is 1. The Labute approximate surface area is 233 Å². The van der Waals surface area contributed by atoms with Gasteiger partial charge < -0.3 is 24.1 Å². The van der Waals surface area contributed by atoms with Gasteiger partial charge in [-0.15, -0.1) is 11.6 Å². The van der Waals surface area contributed by atoms with Crippen LogP contribution in [0.15, 0.2) is 23.0 Å². The first kappa shape index (κ1) is 28.7. The van der Waals surface area contributed by atoms with E-state index < -0.39 is 70.3 Å². The molecule has 5 rings (SSSR count). The molecule has 1 heterocycles. The Kier molecular flexibility index (Phi) is 6.89. The summed E-state index contributed by atoms with van der Waals surface area (Å²) in [6.45, 7) is 8.07. The smallest absolute Gasteiger partial charge is 0.303 e. The third-order valence-electron chi connectivity index (χ3n) is 10.3. The van der Waals surface area contributed by atoms with Crippen LogP contribution in [0.25, 0.3) is 0 Å². The maximum atomic E-state index is 17.8. The van der Waals surface area contributed by atoms with Crippen molar-refractivity contribution >= 4 is 29.6 Å². The number of hydrogen-bond acceptors (Lipinski definition) is 8. The third-order valence-corrected chi connectivity index (χ3v) is 10.4. The highest BCUT2D eigenvalue weighted by Crippen LogP contribution is 2.72. The van der Waals surface area contributed by atoms with Crippen LogP contribution in [0.2, 0.25) is 0 Å². The number of aldehydes is 1. The molecule has 0 radical (unpaired) electrons. The van der Waals surface area contributed by atoms with Crippen molar-refractivity contribution in [1.29, 1.82) is 0 Å². The number of esters is 1. The van der Waals surface area contributed by atoms with Crippen molar-refractivity contribution < 1.29 is 42.8 Å². The minimum absolute atomic E-state index is 0.0506. The molecule has 0 spiro atoms. The fourth-order valence-electron chi connectivity index (χ4n) is 8.75. The summed E-state index contributed by atoms with van der Waals surface area (Å²) >= 11 is 5.78. The van der Waals surface area contributed by atoms with Gasteiger partial charge in [0, 0.05) is 30.1 Å². The molecular formula is C29H38ClFO8. The lowest BCUT2D eigenvalue weighted by Gasteiger charge is -2.63. The maximum absolute atomic E-state index is 17.8. The van der Waals surface area contributed by atoms with Crippen molar-refractivity contribution in [2.24, 2.45) is 22.7 Å². The summed E-state index contributed by atoms with van der Waals surface area (Å²) in [5.41, 5.74) is -4.76. The summed E-state index contributed by atoms with van der Waals surface area (Å²) in [5, 5.41) is 11.8. The van der Waals surface area contributed by atoms with Crippen LogP contribution in [0.5, 0.6) is 0 Å². The molecule has 0 amide bonds. The van der Waals surface area contributed by atoms with Crippen molar-refractivity contribution in [2.45, 2.75) is 96.0 Å². The molecule has 216 valence electrons. The number of halogens is 2. The standard InChI is InChI=1S/C29H38ClFO8/c1-16(33)37-15-23(35)29-24(38-25(2,3)39-29)12-20-21-10-17(14-32)19-11-18(36-9-8-30)6-7-26(19,4)28(21,31)22(34)13-27(20,29)5/h11,14,20-22,24,34H,6-10,12-13,15H2,1-5H3/t20-,21?,22-,24+,26-,27-,28-,29+/m0/s1. The minimum atomic E-state index is -2.07. The van der Waals surface area contributed by atoms with E-state index in [0.29, 0.717) is 48.7 Å². The van der Waals surface area contributed by atoms with E-state index in [0.717, 1.165) is 6.29 Å². The van der Waals surface area contributed by atoms with Gasteiger partial charge in [0.1, 0.15) is 18.6 Å². The molecule has 0 aromatic carbocycles. The topological polar surface area (TPSA) is 108 Å². The molecule has 1 saturated heterocycles. The number of aliphatic hydroxyl groups is 1. The fraction of sp³-hybridized carbons (Fsp3) is 0.759. The van der Waals surface area contributed by atoms with Crippen molar-refractivity contribution in [2.75, 3.05) is 19.1 Å². The lowest BCUT2D eigenvalue weighted by molar-refractivity contribution is -0.248. The van der Waals surface area contributed by atoms with Crippen LogP contribution >= 0.6 is 11.6 Å². The molecular weight excluding hydrogens is 531 g/mol. The van der Waals surface area contributed by atoms with E-state index in [4.69, 9.17) is 30.5 Å². The van der Waals surface area contributed by atoms with Gasteiger partial charge in [0.15, 0.2) is 18.0 Å². The lowest BCUT2D eigenvalue weighted by atomic mass is 9.44. The summed E-state index contributed by atoms with van der Waals surface area (Å²) in [5.74, 6) is -2.43. The molecule has 1 unspecified atom stereocenters. The number of fused-ring (bicyclic) bond motifs is 7. The Balaban J connectivity index is 1.61. The molecule has 10 heteroatoms. The molecule has 39 heavy (non-hydrogen) atoms. The van der Waals surface area contributed by atoms with Crippen LogP contribution in [0.4, 0.5) is 4.39 Å². The van der Waals surface area contributed by atoms with Crippen molar-refractivity contribution in [1.82, 2.24) is 0 Å². The van der Waals surface area contributed by atoms with Gasteiger partial charge in [0.2, 0.25) is 5.78 Å². The monoisotopic (exact) mass is 568 g/mol. The van der Waals surface area contributed by atoms with Crippen molar-refractivity contribution in [3.05, 3.63) is 23.0 Å². The zero-order chi connectivity index (χ0) is 28.6. The maximum Gasteiger partial charge on any atom is 0.303 e. The van der Waals surface area contributed by atoms with Crippen LogP contribution in [0.3, 0.4) is 0 Å². The van der Waals surface area contributed by atoms with E-state index in [1.807, 2.05) is 6.92 Å². The molecule has 3 fully saturated rings. The second kappa shape index (κ2) is 9.36. The Morgan fingerprint density at radius 1 is 1.26 bits per heavy atom. The van der Waals surface area contributed by atoms with Crippen LogP contribution in [-0.4, -0.2) is 71.5 Å². The molecule has 1 aliphatic heterocycles. The molecule has 1 N–H and O–H groups in total. The second-order valence-electron chi connectivity index (χ2n) is 12.6. The number of carbonyl (C=O) groups excluding carboxylic acids is 3. The predicted octanol–water partition coefficient (Wildman–Crippen LogP) is 3.96.